The van der Waals surface area contributed by atoms with Crippen LogP contribution in [0.1, 0.15) is 51.8 Å². The van der Waals surface area contributed by atoms with Crippen molar-refractivity contribution in [3.8, 4) is 16.8 Å². The fraction of sp³-hybridized carbons (Fsp3) is 0.136. The summed E-state index contributed by atoms with van der Waals surface area (Å²) in [6.45, 7) is 1.05. The molecule has 4 heteroatoms. The van der Waals surface area contributed by atoms with E-state index in [9.17, 15) is 0 Å². The number of rotatable bonds is 4. The predicted molar refractivity (Wildman–Crippen MR) is 205 cm³/mol. The molecule has 6 aromatic carbocycles. The Morgan fingerprint density at radius 1 is 0.604 bits per heavy atom. The summed E-state index contributed by atoms with van der Waals surface area (Å²) < 4.78 is 6.78. The van der Waals surface area contributed by atoms with E-state index >= 15 is 0 Å². The lowest BCUT2D eigenvalue weighted by atomic mass is 9.51. The number of nitrogens with zero attached hydrogens (tertiary/aromatic N) is 1. The Hall–Kier alpha value is -4.74. The van der Waals surface area contributed by atoms with Crippen LogP contribution in [0.2, 0.25) is 0 Å². The summed E-state index contributed by atoms with van der Waals surface area (Å²) in [7, 11) is 0. The first kappa shape index (κ1) is 26.2. The van der Waals surface area contributed by atoms with Gasteiger partial charge in [-0.15, -0.1) is 22.7 Å². The van der Waals surface area contributed by atoms with Crippen LogP contribution < -0.4 is 5.32 Å². The van der Waals surface area contributed by atoms with Crippen molar-refractivity contribution in [1.82, 2.24) is 9.88 Å². The van der Waals surface area contributed by atoms with Crippen molar-refractivity contribution in [3.63, 3.8) is 0 Å². The van der Waals surface area contributed by atoms with Gasteiger partial charge in [-0.25, -0.2) is 0 Å². The first-order valence-electron chi connectivity index (χ1n) is 17.1. The number of hydrogen-bond acceptors (Lipinski definition) is 3. The Bertz CT molecular complexity index is 2740. The molecular weight excluding hydrogens is 621 g/mol. The third-order valence-corrected chi connectivity index (χ3v) is 14.1. The summed E-state index contributed by atoms with van der Waals surface area (Å²) in [6.07, 6.45) is 1.30. The molecule has 0 amide bonds. The second-order valence-electron chi connectivity index (χ2n) is 14.0. The molecule has 1 aliphatic heterocycles. The first-order valence-corrected chi connectivity index (χ1v) is 18.8. The minimum atomic E-state index is 0.441. The molecule has 1 saturated carbocycles. The summed E-state index contributed by atoms with van der Waals surface area (Å²) in [4.78, 5) is 1.66. The minimum Gasteiger partial charge on any atom is -0.309 e. The molecule has 1 saturated heterocycles. The average Bonchev–Trinajstić information content (AvgIpc) is 3.73. The fourth-order valence-corrected chi connectivity index (χ4v) is 11.9. The van der Waals surface area contributed by atoms with Gasteiger partial charge in [0.15, 0.2) is 0 Å². The second-order valence-corrected chi connectivity index (χ2v) is 16.1. The lowest BCUT2D eigenvalue weighted by Gasteiger charge is -2.53. The SMILES string of the molecule is c1ccc(C2CC3c4sc5c(ccc6sc7ccc(-c8ccc(C9CN9)cc8-n8c9ccccc9c9ccccc98)cc7c65)c4C23)cc1. The second kappa shape index (κ2) is 9.45. The van der Waals surface area contributed by atoms with Gasteiger partial charge in [-0.05, 0) is 76.4 Å². The third-order valence-electron chi connectivity index (χ3n) is 11.6. The molecule has 2 fully saturated rings. The molecule has 3 aromatic heterocycles. The van der Waals surface area contributed by atoms with E-state index in [0.29, 0.717) is 17.9 Å². The highest BCUT2D eigenvalue weighted by Crippen LogP contribution is 2.70. The number of fused-ring (bicyclic) bond motifs is 13. The van der Waals surface area contributed by atoms with E-state index in [-0.39, 0.29) is 0 Å². The molecule has 228 valence electrons. The number of nitrogens with one attached hydrogen (secondary N) is 1. The van der Waals surface area contributed by atoms with Gasteiger partial charge in [-0.1, -0.05) is 91.0 Å². The highest BCUT2D eigenvalue weighted by molar-refractivity contribution is 7.27. The van der Waals surface area contributed by atoms with E-state index in [1.54, 1.807) is 10.4 Å². The van der Waals surface area contributed by atoms with Crippen LogP contribution in [0.4, 0.5) is 0 Å². The van der Waals surface area contributed by atoms with Gasteiger partial charge in [0.2, 0.25) is 0 Å². The molecule has 1 N–H and O–H groups in total. The molecular formula is C44H30N2S2. The van der Waals surface area contributed by atoms with Crippen molar-refractivity contribution in [2.45, 2.75) is 30.2 Å². The summed E-state index contributed by atoms with van der Waals surface area (Å²) in [5.74, 6) is 2.09. The van der Waals surface area contributed by atoms with Gasteiger partial charge in [-0.3, -0.25) is 0 Å². The van der Waals surface area contributed by atoms with Crippen molar-refractivity contribution in [3.05, 3.63) is 149 Å². The minimum absolute atomic E-state index is 0.441. The summed E-state index contributed by atoms with van der Waals surface area (Å²) in [6, 6.07) is 48.6. The molecule has 48 heavy (non-hydrogen) atoms. The maximum atomic E-state index is 3.54. The average molecular weight is 651 g/mol. The Labute approximate surface area is 285 Å². The van der Waals surface area contributed by atoms with Crippen LogP contribution in [0.25, 0.3) is 68.9 Å². The van der Waals surface area contributed by atoms with Crippen LogP contribution in [0.3, 0.4) is 0 Å². The Morgan fingerprint density at radius 3 is 2.15 bits per heavy atom. The molecule has 2 nitrogen and oxygen atoms in total. The molecule has 2 aliphatic carbocycles. The van der Waals surface area contributed by atoms with Gasteiger partial charge in [0, 0.05) is 70.5 Å². The molecule has 0 spiro atoms. The molecule has 4 atom stereocenters. The van der Waals surface area contributed by atoms with E-state index in [2.05, 4.69) is 149 Å². The molecule has 0 radical (unpaired) electrons. The van der Waals surface area contributed by atoms with E-state index in [1.165, 1.54) is 86.4 Å². The first-order chi connectivity index (χ1) is 23.8. The number of hydrogen-bond donors (Lipinski definition) is 1. The summed E-state index contributed by atoms with van der Waals surface area (Å²) in [5, 5.41) is 10.5. The zero-order valence-corrected chi connectivity index (χ0v) is 27.7. The number of thiophene rings is 2. The molecule has 9 aromatic rings. The summed E-state index contributed by atoms with van der Waals surface area (Å²) in [5.41, 5.74) is 10.8. The van der Waals surface area contributed by atoms with Crippen molar-refractivity contribution in [2.24, 2.45) is 0 Å². The maximum Gasteiger partial charge on any atom is 0.0543 e. The fourth-order valence-electron chi connectivity index (χ4n) is 9.18. The van der Waals surface area contributed by atoms with Crippen molar-refractivity contribution >= 4 is 74.7 Å². The maximum absolute atomic E-state index is 3.54. The van der Waals surface area contributed by atoms with Gasteiger partial charge in [0.1, 0.15) is 0 Å². The van der Waals surface area contributed by atoms with Gasteiger partial charge in [0.05, 0.1) is 16.7 Å². The van der Waals surface area contributed by atoms with Crippen LogP contribution in [0, 0.1) is 0 Å². The standard InChI is InChI=1S/C44H30N2S2/c1-2-8-24(9-3-1)31-22-33-40(31)42-30-17-19-39-41(43(30)48-44(33)42)32-20-25(15-18-38(32)47-39)27-16-14-26(34-23-45-34)21-37(27)46-35-12-6-4-10-28(35)29-11-5-7-13-36(29)46/h1-21,31,33-34,40,45H,22-23H2. The number of aromatic nitrogens is 1. The van der Waals surface area contributed by atoms with Gasteiger partial charge >= 0.3 is 0 Å². The Kier molecular flexibility index (Phi) is 5.17. The third kappa shape index (κ3) is 3.45. The topological polar surface area (TPSA) is 26.9 Å². The van der Waals surface area contributed by atoms with Crippen LogP contribution in [0.15, 0.2) is 127 Å². The van der Waals surface area contributed by atoms with E-state index in [0.717, 1.165) is 12.5 Å². The van der Waals surface area contributed by atoms with E-state index in [4.69, 9.17) is 0 Å². The Morgan fingerprint density at radius 2 is 1.35 bits per heavy atom. The van der Waals surface area contributed by atoms with Crippen LogP contribution in [0.5, 0.6) is 0 Å². The highest BCUT2D eigenvalue weighted by Gasteiger charge is 2.54. The van der Waals surface area contributed by atoms with Crippen LogP contribution >= 0.6 is 22.7 Å². The molecule has 3 aliphatic rings. The number of para-hydroxylation sites is 2. The van der Waals surface area contributed by atoms with Crippen molar-refractivity contribution in [2.75, 3.05) is 6.54 Å². The van der Waals surface area contributed by atoms with E-state index in [1.807, 2.05) is 11.3 Å². The van der Waals surface area contributed by atoms with Gasteiger partial charge < -0.3 is 9.88 Å². The monoisotopic (exact) mass is 650 g/mol. The molecule has 0 bridgehead atoms. The van der Waals surface area contributed by atoms with Crippen LogP contribution in [-0.4, -0.2) is 11.1 Å². The lowest BCUT2D eigenvalue weighted by molar-refractivity contribution is 0.249. The quantitative estimate of drug-likeness (QED) is 0.189. The molecule has 4 heterocycles. The smallest absolute Gasteiger partial charge is 0.0543 e. The molecule has 4 unspecified atom stereocenters. The molecule has 12 rings (SSSR count). The van der Waals surface area contributed by atoms with Crippen molar-refractivity contribution < 1.29 is 0 Å². The van der Waals surface area contributed by atoms with Crippen molar-refractivity contribution in [1.29, 1.82) is 0 Å². The van der Waals surface area contributed by atoms with Gasteiger partial charge in [0.25, 0.3) is 0 Å². The van der Waals surface area contributed by atoms with Crippen LogP contribution in [-0.2, 0) is 0 Å². The zero-order valence-electron chi connectivity index (χ0n) is 26.1. The zero-order chi connectivity index (χ0) is 31.1. The summed E-state index contributed by atoms with van der Waals surface area (Å²) >= 11 is 4.03. The van der Waals surface area contributed by atoms with Gasteiger partial charge in [-0.2, -0.15) is 0 Å². The normalized spacial score (nSPS) is 21.1. The number of benzene rings is 6. The lowest BCUT2D eigenvalue weighted by Crippen LogP contribution is -2.38. The predicted octanol–water partition coefficient (Wildman–Crippen LogP) is 12.0. The van der Waals surface area contributed by atoms with E-state index < -0.39 is 0 Å². The Balaban J connectivity index is 1.07. The highest BCUT2D eigenvalue weighted by atomic mass is 32.1. The largest absolute Gasteiger partial charge is 0.309 e.